The van der Waals surface area contributed by atoms with E-state index in [4.69, 9.17) is 9.47 Å². The number of likely N-dealkylation sites (tertiary alicyclic amines) is 1. The van der Waals surface area contributed by atoms with Gasteiger partial charge in [0.15, 0.2) is 0 Å². The summed E-state index contributed by atoms with van der Waals surface area (Å²) in [6.45, 7) is 0.696. The van der Waals surface area contributed by atoms with E-state index < -0.39 is 29.8 Å². The number of esters is 2. The van der Waals surface area contributed by atoms with Gasteiger partial charge in [-0.05, 0) is 44.0 Å². The molecule has 0 radical (unpaired) electrons. The number of nitrogens with zero attached hydrogens (tertiary/aromatic N) is 2. The summed E-state index contributed by atoms with van der Waals surface area (Å²) in [5, 5.41) is 9.36. The molecule has 1 N–H and O–H groups in total. The van der Waals surface area contributed by atoms with Crippen molar-refractivity contribution in [3.8, 4) is 0 Å². The van der Waals surface area contributed by atoms with Gasteiger partial charge in [-0.15, -0.1) is 0 Å². The van der Waals surface area contributed by atoms with Crippen molar-refractivity contribution in [2.24, 2.45) is 0 Å². The van der Waals surface area contributed by atoms with Gasteiger partial charge in [0.2, 0.25) is 5.91 Å². The molecule has 0 saturated carbocycles. The Labute approximate surface area is 174 Å². The maximum absolute atomic E-state index is 13.2. The normalized spacial score (nSPS) is 22.3. The van der Waals surface area contributed by atoms with E-state index in [0.717, 1.165) is 24.2 Å². The smallest absolute Gasteiger partial charge is 0.337 e. The minimum Gasteiger partial charge on any atom is -0.465 e. The summed E-state index contributed by atoms with van der Waals surface area (Å²) in [5.74, 6) is -2.20. The molecule has 162 valence electrons. The first-order valence-corrected chi connectivity index (χ1v) is 9.96. The second kappa shape index (κ2) is 9.36. The zero-order valence-corrected chi connectivity index (χ0v) is 17.1. The number of piperidine rings is 1. The third-order valence-corrected chi connectivity index (χ3v) is 5.68. The van der Waals surface area contributed by atoms with Crippen molar-refractivity contribution in [1.29, 1.82) is 0 Å². The molecule has 1 aromatic rings. The van der Waals surface area contributed by atoms with Gasteiger partial charge < -0.3 is 14.6 Å². The number of imide groups is 1. The fraction of sp³-hybridized carbons (Fsp3) is 0.524. The molecule has 0 spiro atoms. The van der Waals surface area contributed by atoms with Crippen LogP contribution in [0.5, 0.6) is 0 Å². The Morgan fingerprint density at radius 3 is 2.27 bits per heavy atom. The molecule has 0 unspecified atom stereocenters. The van der Waals surface area contributed by atoms with Crippen LogP contribution in [0.4, 0.5) is 5.69 Å². The largest absolute Gasteiger partial charge is 0.465 e. The number of rotatable bonds is 6. The molecule has 0 bridgehead atoms. The van der Waals surface area contributed by atoms with E-state index in [9.17, 15) is 24.3 Å². The predicted molar refractivity (Wildman–Crippen MR) is 106 cm³/mol. The van der Waals surface area contributed by atoms with E-state index >= 15 is 0 Å². The lowest BCUT2D eigenvalue weighted by atomic mass is 9.97. The van der Waals surface area contributed by atoms with Crippen LogP contribution in [-0.4, -0.2) is 73.2 Å². The number of ether oxygens (including phenoxy) is 2. The lowest BCUT2D eigenvalue weighted by molar-refractivity contribution is -0.124. The van der Waals surface area contributed by atoms with E-state index in [1.165, 1.54) is 32.4 Å². The van der Waals surface area contributed by atoms with E-state index in [-0.39, 0.29) is 35.9 Å². The highest BCUT2D eigenvalue weighted by molar-refractivity contribution is 6.23. The second-order valence-electron chi connectivity index (χ2n) is 7.44. The SMILES string of the molecule is COC(=O)c1cc(C(=O)OC)cc(N2C(=O)C[C@H](N3CCCC[C@H]3CCO)C2=O)c1. The second-order valence-corrected chi connectivity index (χ2v) is 7.44. The maximum atomic E-state index is 13.2. The van der Waals surface area contributed by atoms with Gasteiger partial charge in [-0.25, -0.2) is 14.5 Å². The molecule has 9 nitrogen and oxygen atoms in total. The average Bonchev–Trinajstić information content (AvgIpc) is 3.06. The number of aliphatic hydroxyl groups excluding tert-OH is 1. The molecular weight excluding hydrogens is 392 g/mol. The Morgan fingerprint density at radius 1 is 1.07 bits per heavy atom. The van der Waals surface area contributed by atoms with Crippen molar-refractivity contribution < 1.29 is 33.8 Å². The molecule has 2 heterocycles. The molecular formula is C21H26N2O7. The molecule has 2 saturated heterocycles. The summed E-state index contributed by atoms with van der Waals surface area (Å²) in [7, 11) is 2.40. The van der Waals surface area contributed by atoms with E-state index in [1.807, 2.05) is 4.90 Å². The lowest BCUT2D eigenvalue weighted by Gasteiger charge is -2.38. The maximum Gasteiger partial charge on any atom is 0.337 e. The summed E-state index contributed by atoms with van der Waals surface area (Å²) in [6, 6.07) is 3.43. The molecule has 2 aliphatic heterocycles. The molecule has 2 fully saturated rings. The highest BCUT2D eigenvalue weighted by Gasteiger charge is 2.45. The van der Waals surface area contributed by atoms with Crippen LogP contribution in [0.25, 0.3) is 0 Å². The average molecular weight is 418 g/mol. The predicted octanol–water partition coefficient (Wildman–Crippen LogP) is 1.13. The van der Waals surface area contributed by atoms with E-state index in [1.54, 1.807) is 0 Å². The van der Waals surface area contributed by atoms with Crippen LogP contribution in [0.3, 0.4) is 0 Å². The number of benzene rings is 1. The highest BCUT2D eigenvalue weighted by Crippen LogP contribution is 2.32. The Bertz CT molecular complexity index is 818. The Morgan fingerprint density at radius 2 is 1.70 bits per heavy atom. The van der Waals surface area contributed by atoms with Crippen molar-refractivity contribution in [2.75, 3.05) is 32.3 Å². The van der Waals surface area contributed by atoms with Crippen LogP contribution in [0.1, 0.15) is 52.8 Å². The number of anilines is 1. The van der Waals surface area contributed by atoms with Gasteiger partial charge in [-0.2, -0.15) is 0 Å². The van der Waals surface area contributed by atoms with Crippen LogP contribution in [0, 0.1) is 0 Å². The quantitative estimate of drug-likeness (QED) is 0.540. The molecule has 2 atom stereocenters. The van der Waals surface area contributed by atoms with Crippen molar-refractivity contribution in [3.05, 3.63) is 29.3 Å². The fourth-order valence-corrected chi connectivity index (χ4v) is 4.25. The molecule has 9 heteroatoms. The van der Waals surface area contributed by atoms with Gasteiger partial charge in [-0.3, -0.25) is 14.5 Å². The van der Waals surface area contributed by atoms with Crippen LogP contribution in [0.2, 0.25) is 0 Å². The molecule has 0 aliphatic carbocycles. The summed E-state index contributed by atoms with van der Waals surface area (Å²) in [5.41, 5.74) is 0.206. The van der Waals surface area contributed by atoms with Crippen molar-refractivity contribution in [2.45, 2.75) is 44.2 Å². The standard InChI is InChI=1S/C21H26N2O7/c1-29-20(27)13-9-14(21(28)30-2)11-16(10-13)23-18(25)12-17(19(23)26)22-7-4-3-5-15(22)6-8-24/h9-11,15,17,24H,3-8,12H2,1-2H3/t15-,17-/m0/s1. The van der Waals surface area contributed by atoms with Crippen LogP contribution in [0.15, 0.2) is 18.2 Å². The summed E-state index contributed by atoms with van der Waals surface area (Å²) in [6.07, 6.45) is 3.36. The first-order chi connectivity index (χ1) is 14.4. The van der Waals surface area contributed by atoms with E-state index in [2.05, 4.69) is 0 Å². The Balaban J connectivity index is 1.95. The minimum atomic E-state index is -0.698. The Hall–Kier alpha value is -2.78. The van der Waals surface area contributed by atoms with Crippen molar-refractivity contribution >= 4 is 29.4 Å². The monoisotopic (exact) mass is 418 g/mol. The topological polar surface area (TPSA) is 113 Å². The summed E-state index contributed by atoms with van der Waals surface area (Å²) in [4.78, 5) is 53.1. The summed E-state index contributed by atoms with van der Waals surface area (Å²) >= 11 is 0. The van der Waals surface area contributed by atoms with Gasteiger partial charge in [-0.1, -0.05) is 6.42 Å². The lowest BCUT2D eigenvalue weighted by Crippen LogP contribution is -2.50. The number of carbonyl (C=O) groups excluding carboxylic acids is 4. The molecule has 0 aromatic heterocycles. The molecule has 30 heavy (non-hydrogen) atoms. The van der Waals surface area contributed by atoms with Crippen LogP contribution < -0.4 is 4.90 Å². The third-order valence-electron chi connectivity index (χ3n) is 5.68. The molecule has 1 aromatic carbocycles. The number of hydrogen-bond acceptors (Lipinski definition) is 8. The molecule has 2 aliphatic rings. The first kappa shape index (κ1) is 21.9. The number of carbonyl (C=O) groups is 4. The zero-order valence-electron chi connectivity index (χ0n) is 17.1. The first-order valence-electron chi connectivity index (χ1n) is 9.96. The van der Waals surface area contributed by atoms with Crippen molar-refractivity contribution in [1.82, 2.24) is 4.90 Å². The minimum absolute atomic E-state index is 0.0107. The van der Waals surface area contributed by atoms with Crippen molar-refractivity contribution in [3.63, 3.8) is 0 Å². The molecule has 3 rings (SSSR count). The van der Waals surface area contributed by atoms with Gasteiger partial charge in [0, 0.05) is 12.6 Å². The Kier molecular flexibility index (Phi) is 6.84. The zero-order chi connectivity index (χ0) is 21.8. The van der Waals surface area contributed by atoms with Crippen LogP contribution in [-0.2, 0) is 19.1 Å². The van der Waals surface area contributed by atoms with Gasteiger partial charge in [0.25, 0.3) is 5.91 Å². The number of hydrogen-bond donors (Lipinski definition) is 1. The molecule has 2 amide bonds. The summed E-state index contributed by atoms with van der Waals surface area (Å²) < 4.78 is 9.44. The third kappa shape index (κ3) is 4.22. The van der Waals surface area contributed by atoms with Crippen LogP contribution >= 0.6 is 0 Å². The fourth-order valence-electron chi connectivity index (χ4n) is 4.25. The van der Waals surface area contributed by atoms with Gasteiger partial charge in [0.1, 0.15) is 0 Å². The number of methoxy groups -OCH3 is 2. The number of amides is 2. The van der Waals surface area contributed by atoms with Gasteiger partial charge in [0.05, 0.1) is 43.5 Å². The number of aliphatic hydroxyl groups is 1. The van der Waals surface area contributed by atoms with Gasteiger partial charge >= 0.3 is 11.9 Å². The highest BCUT2D eigenvalue weighted by atomic mass is 16.5. The van der Waals surface area contributed by atoms with E-state index in [0.29, 0.717) is 13.0 Å².